The first-order valence-corrected chi connectivity index (χ1v) is 7.56. The minimum Gasteiger partial charge on any atom is -0.326 e. The van der Waals surface area contributed by atoms with Gasteiger partial charge in [-0.3, -0.25) is 0 Å². The maximum Gasteiger partial charge on any atom is 0.279 e. The van der Waals surface area contributed by atoms with Crippen LogP contribution in [0.15, 0.2) is 0 Å². The standard InChI is InChI=1S/C11H27N3O2S/c1-6-14(7-2)17(15,16)13-9-10(12)8-11(3,4)5/h10,13H,6-9,12H2,1-5H3. The minimum absolute atomic E-state index is 0.111. The number of nitrogens with two attached hydrogens (primary N) is 1. The molecule has 0 saturated carbocycles. The Balaban J connectivity index is 4.28. The van der Waals surface area contributed by atoms with Gasteiger partial charge in [0.25, 0.3) is 10.2 Å². The van der Waals surface area contributed by atoms with Gasteiger partial charge in [0.1, 0.15) is 0 Å². The van der Waals surface area contributed by atoms with E-state index in [1.165, 1.54) is 4.31 Å². The lowest BCUT2D eigenvalue weighted by molar-refractivity contribution is 0.336. The molecule has 104 valence electrons. The Morgan fingerprint density at radius 1 is 1.24 bits per heavy atom. The van der Waals surface area contributed by atoms with E-state index < -0.39 is 10.2 Å². The molecule has 3 N–H and O–H groups in total. The van der Waals surface area contributed by atoms with Gasteiger partial charge >= 0.3 is 0 Å². The van der Waals surface area contributed by atoms with Gasteiger partial charge in [0, 0.05) is 25.7 Å². The summed E-state index contributed by atoms with van der Waals surface area (Å²) < 4.78 is 27.6. The van der Waals surface area contributed by atoms with Gasteiger partial charge in [-0.1, -0.05) is 34.6 Å². The summed E-state index contributed by atoms with van der Waals surface area (Å²) in [4.78, 5) is 0. The van der Waals surface area contributed by atoms with Crippen LogP contribution >= 0.6 is 0 Å². The molecule has 0 spiro atoms. The van der Waals surface area contributed by atoms with Crippen LogP contribution in [-0.4, -0.2) is 38.4 Å². The van der Waals surface area contributed by atoms with Crippen molar-refractivity contribution in [3.63, 3.8) is 0 Å². The Labute approximate surface area is 106 Å². The highest BCUT2D eigenvalue weighted by atomic mass is 32.2. The Kier molecular flexibility index (Phi) is 6.61. The lowest BCUT2D eigenvalue weighted by Crippen LogP contribution is -2.46. The highest BCUT2D eigenvalue weighted by molar-refractivity contribution is 7.87. The summed E-state index contributed by atoms with van der Waals surface area (Å²) in [5.41, 5.74) is 6.02. The van der Waals surface area contributed by atoms with Crippen LogP contribution in [-0.2, 0) is 10.2 Å². The van der Waals surface area contributed by atoms with Crippen molar-refractivity contribution in [2.75, 3.05) is 19.6 Å². The van der Waals surface area contributed by atoms with Crippen molar-refractivity contribution in [1.82, 2.24) is 9.03 Å². The van der Waals surface area contributed by atoms with Gasteiger partial charge in [-0.25, -0.2) is 4.72 Å². The summed E-state index contributed by atoms with van der Waals surface area (Å²) >= 11 is 0. The monoisotopic (exact) mass is 265 g/mol. The Morgan fingerprint density at radius 3 is 2.06 bits per heavy atom. The normalized spacial score (nSPS) is 15.2. The fourth-order valence-electron chi connectivity index (χ4n) is 1.73. The van der Waals surface area contributed by atoms with E-state index in [1.807, 2.05) is 13.8 Å². The van der Waals surface area contributed by atoms with E-state index in [9.17, 15) is 8.42 Å². The van der Waals surface area contributed by atoms with Crippen molar-refractivity contribution in [2.45, 2.75) is 47.1 Å². The van der Waals surface area contributed by atoms with Crippen LogP contribution in [0.2, 0.25) is 0 Å². The van der Waals surface area contributed by atoms with Gasteiger partial charge in [-0.15, -0.1) is 0 Å². The zero-order valence-corrected chi connectivity index (χ0v) is 12.5. The zero-order valence-electron chi connectivity index (χ0n) is 11.7. The van der Waals surface area contributed by atoms with Gasteiger partial charge in [-0.05, 0) is 11.8 Å². The molecule has 0 rings (SSSR count). The Hall–Kier alpha value is -0.170. The molecule has 0 aromatic rings. The molecule has 17 heavy (non-hydrogen) atoms. The summed E-state index contributed by atoms with van der Waals surface area (Å²) in [5.74, 6) is 0. The molecule has 0 saturated heterocycles. The topological polar surface area (TPSA) is 75.4 Å². The van der Waals surface area contributed by atoms with E-state index in [0.717, 1.165) is 6.42 Å². The molecule has 0 heterocycles. The van der Waals surface area contributed by atoms with Crippen molar-refractivity contribution in [3.05, 3.63) is 0 Å². The highest BCUT2D eigenvalue weighted by Gasteiger charge is 2.21. The van der Waals surface area contributed by atoms with Gasteiger partial charge in [0.15, 0.2) is 0 Å². The minimum atomic E-state index is -3.37. The number of hydrogen-bond acceptors (Lipinski definition) is 3. The van der Waals surface area contributed by atoms with Crippen molar-refractivity contribution < 1.29 is 8.42 Å². The molecular weight excluding hydrogens is 238 g/mol. The first-order chi connectivity index (χ1) is 7.62. The highest BCUT2D eigenvalue weighted by Crippen LogP contribution is 2.19. The summed E-state index contributed by atoms with van der Waals surface area (Å²) in [6, 6.07) is -0.152. The average molecular weight is 265 g/mol. The van der Waals surface area contributed by atoms with Gasteiger partial charge in [0.2, 0.25) is 0 Å². The lowest BCUT2D eigenvalue weighted by Gasteiger charge is -2.25. The largest absolute Gasteiger partial charge is 0.326 e. The van der Waals surface area contributed by atoms with E-state index in [4.69, 9.17) is 5.73 Å². The number of hydrogen-bond donors (Lipinski definition) is 2. The SMILES string of the molecule is CCN(CC)S(=O)(=O)NCC(N)CC(C)(C)C. The maximum absolute atomic E-state index is 11.8. The molecule has 0 amide bonds. The first-order valence-electron chi connectivity index (χ1n) is 6.12. The van der Waals surface area contributed by atoms with Crippen LogP contribution in [0, 0.1) is 5.41 Å². The second kappa shape index (κ2) is 6.68. The molecule has 0 fully saturated rings. The molecule has 1 atom stereocenters. The molecule has 0 aromatic carbocycles. The fourth-order valence-corrected chi connectivity index (χ4v) is 3.01. The van der Waals surface area contributed by atoms with Crippen LogP contribution in [0.3, 0.4) is 0 Å². The third-order valence-electron chi connectivity index (χ3n) is 2.45. The van der Waals surface area contributed by atoms with Crippen molar-refractivity contribution in [2.24, 2.45) is 11.1 Å². The quantitative estimate of drug-likeness (QED) is 0.719. The molecule has 0 radical (unpaired) electrons. The average Bonchev–Trinajstić information content (AvgIpc) is 2.14. The fraction of sp³-hybridized carbons (Fsp3) is 1.00. The van der Waals surface area contributed by atoms with Crippen LogP contribution in [0.5, 0.6) is 0 Å². The molecule has 0 aliphatic heterocycles. The van der Waals surface area contributed by atoms with Crippen molar-refractivity contribution >= 4 is 10.2 Å². The zero-order chi connectivity index (χ0) is 13.7. The molecule has 0 bridgehead atoms. The molecule has 0 aromatic heterocycles. The second-order valence-electron chi connectivity index (χ2n) is 5.46. The first kappa shape index (κ1) is 16.8. The van der Waals surface area contributed by atoms with E-state index in [-0.39, 0.29) is 18.0 Å². The van der Waals surface area contributed by atoms with Crippen LogP contribution in [0.1, 0.15) is 41.0 Å². The predicted molar refractivity (Wildman–Crippen MR) is 71.9 cm³/mol. The lowest BCUT2D eigenvalue weighted by atomic mass is 9.88. The van der Waals surface area contributed by atoms with E-state index >= 15 is 0 Å². The van der Waals surface area contributed by atoms with E-state index in [2.05, 4.69) is 25.5 Å². The molecule has 0 aliphatic carbocycles. The van der Waals surface area contributed by atoms with Crippen LogP contribution in [0.25, 0.3) is 0 Å². The molecule has 5 nitrogen and oxygen atoms in total. The Bertz CT molecular complexity index is 305. The smallest absolute Gasteiger partial charge is 0.279 e. The number of rotatable bonds is 7. The summed E-state index contributed by atoms with van der Waals surface area (Å²) in [7, 11) is -3.37. The Morgan fingerprint density at radius 2 is 1.71 bits per heavy atom. The van der Waals surface area contributed by atoms with Gasteiger partial charge in [0.05, 0.1) is 0 Å². The third-order valence-corrected chi connectivity index (χ3v) is 4.18. The van der Waals surface area contributed by atoms with E-state index in [1.54, 1.807) is 0 Å². The maximum atomic E-state index is 11.8. The van der Waals surface area contributed by atoms with E-state index in [0.29, 0.717) is 13.1 Å². The molecule has 1 unspecified atom stereocenters. The summed E-state index contributed by atoms with van der Waals surface area (Å²) in [6.45, 7) is 11.1. The van der Waals surface area contributed by atoms with Gasteiger partial charge < -0.3 is 5.73 Å². The number of nitrogens with one attached hydrogen (secondary N) is 1. The summed E-state index contributed by atoms with van der Waals surface area (Å²) in [6.07, 6.45) is 0.785. The molecule has 0 aliphatic rings. The molecule has 6 heteroatoms. The van der Waals surface area contributed by atoms with Crippen molar-refractivity contribution in [3.8, 4) is 0 Å². The van der Waals surface area contributed by atoms with Crippen molar-refractivity contribution in [1.29, 1.82) is 0 Å². The molecular formula is C11H27N3O2S. The number of nitrogens with zero attached hydrogens (tertiary/aromatic N) is 1. The van der Waals surface area contributed by atoms with Crippen LogP contribution < -0.4 is 10.5 Å². The van der Waals surface area contributed by atoms with Crippen LogP contribution in [0.4, 0.5) is 0 Å². The van der Waals surface area contributed by atoms with Gasteiger partial charge in [-0.2, -0.15) is 12.7 Å². The summed E-state index contributed by atoms with van der Waals surface area (Å²) in [5, 5.41) is 0. The third kappa shape index (κ3) is 6.98. The predicted octanol–water partition coefficient (Wildman–Crippen LogP) is 0.926. The second-order valence-corrected chi connectivity index (χ2v) is 7.22.